The molecule has 0 saturated carbocycles. The molecule has 18 heavy (non-hydrogen) atoms. The Balaban J connectivity index is 2.22. The number of halogens is 2. The Bertz CT molecular complexity index is 586. The van der Waals surface area contributed by atoms with E-state index in [1.165, 1.54) is 6.07 Å². The van der Waals surface area contributed by atoms with Crippen LogP contribution in [0.4, 0.5) is 21.5 Å². The molecular formula is C10H11ClFN5O. The highest BCUT2D eigenvalue weighted by molar-refractivity contribution is 6.33. The first kappa shape index (κ1) is 12.4. The zero-order chi connectivity index (χ0) is 13.3. The largest absolute Gasteiger partial charge is 0.397 e. The van der Waals surface area contributed by atoms with Gasteiger partial charge in [-0.25, -0.2) is 4.39 Å². The minimum Gasteiger partial charge on any atom is -0.397 e. The maximum absolute atomic E-state index is 13.8. The first-order valence-corrected chi connectivity index (χ1v) is 5.43. The minimum atomic E-state index is -0.703. The molecule has 0 fully saturated rings. The highest BCUT2D eigenvalue weighted by Crippen LogP contribution is 2.33. The van der Waals surface area contributed by atoms with Crippen LogP contribution in [0.15, 0.2) is 10.6 Å². The number of anilines is 3. The molecular weight excluding hydrogens is 261 g/mol. The second-order valence-corrected chi connectivity index (χ2v) is 4.02. The number of nitrogens with one attached hydrogen (secondary N) is 1. The number of aromatic nitrogens is 2. The van der Waals surface area contributed by atoms with Crippen molar-refractivity contribution in [2.45, 2.75) is 13.5 Å². The molecule has 0 unspecified atom stereocenters. The highest BCUT2D eigenvalue weighted by Gasteiger charge is 2.14. The Morgan fingerprint density at radius 2 is 2.17 bits per heavy atom. The van der Waals surface area contributed by atoms with Gasteiger partial charge in [-0.2, -0.15) is 4.98 Å². The molecule has 5 N–H and O–H groups in total. The summed E-state index contributed by atoms with van der Waals surface area (Å²) >= 11 is 5.69. The Labute approximate surface area is 107 Å². The predicted octanol–water partition coefficient (Wildman–Crippen LogP) is 1.95. The van der Waals surface area contributed by atoms with E-state index in [9.17, 15) is 4.39 Å². The van der Waals surface area contributed by atoms with Crippen molar-refractivity contribution < 1.29 is 8.91 Å². The zero-order valence-corrected chi connectivity index (χ0v) is 10.3. The van der Waals surface area contributed by atoms with E-state index in [0.29, 0.717) is 11.7 Å². The van der Waals surface area contributed by atoms with Crippen LogP contribution in [0.5, 0.6) is 0 Å². The quantitative estimate of drug-likeness (QED) is 0.737. The summed E-state index contributed by atoms with van der Waals surface area (Å²) < 4.78 is 18.7. The van der Waals surface area contributed by atoms with E-state index in [1.807, 2.05) is 0 Å². The maximum atomic E-state index is 13.8. The Morgan fingerprint density at radius 1 is 1.44 bits per heavy atom. The molecule has 1 aromatic carbocycles. The van der Waals surface area contributed by atoms with Crippen molar-refractivity contribution in [2.75, 3.05) is 16.8 Å². The van der Waals surface area contributed by atoms with E-state index >= 15 is 0 Å². The number of benzene rings is 1. The van der Waals surface area contributed by atoms with Crippen molar-refractivity contribution in [3.05, 3.63) is 28.6 Å². The summed E-state index contributed by atoms with van der Waals surface area (Å²) in [6.45, 7) is 1.82. The summed E-state index contributed by atoms with van der Waals surface area (Å²) in [4.78, 5) is 3.96. The van der Waals surface area contributed by atoms with Crippen molar-refractivity contribution in [3.8, 4) is 0 Å². The van der Waals surface area contributed by atoms with Crippen molar-refractivity contribution in [3.63, 3.8) is 0 Å². The fourth-order valence-corrected chi connectivity index (χ4v) is 1.57. The summed E-state index contributed by atoms with van der Waals surface area (Å²) in [6.07, 6.45) is 0. The summed E-state index contributed by atoms with van der Waals surface area (Å²) in [7, 11) is 0. The van der Waals surface area contributed by atoms with Crippen LogP contribution < -0.4 is 16.8 Å². The van der Waals surface area contributed by atoms with Gasteiger partial charge in [0.1, 0.15) is 5.02 Å². The van der Waals surface area contributed by atoms with Gasteiger partial charge in [0.05, 0.1) is 23.6 Å². The van der Waals surface area contributed by atoms with Gasteiger partial charge in [0.15, 0.2) is 11.6 Å². The normalized spacial score (nSPS) is 10.6. The molecule has 2 rings (SSSR count). The second-order valence-electron chi connectivity index (χ2n) is 3.65. The zero-order valence-electron chi connectivity index (χ0n) is 9.50. The monoisotopic (exact) mass is 271 g/mol. The van der Waals surface area contributed by atoms with E-state index in [1.54, 1.807) is 6.92 Å². The predicted molar refractivity (Wildman–Crippen MR) is 66.6 cm³/mol. The summed E-state index contributed by atoms with van der Waals surface area (Å²) in [5.74, 6) is 0.111. The van der Waals surface area contributed by atoms with Gasteiger partial charge in [0.2, 0.25) is 5.89 Å². The van der Waals surface area contributed by atoms with Crippen LogP contribution in [-0.4, -0.2) is 10.1 Å². The maximum Gasteiger partial charge on any atom is 0.245 e. The summed E-state index contributed by atoms with van der Waals surface area (Å²) in [6, 6.07) is 1.38. The van der Waals surface area contributed by atoms with E-state index in [2.05, 4.69) is 15.5 Å². The molecule has 8 heteroatoms. The van der Waals surface area contributed by atoms with Crippen LogP contribution in [0.25, 0.3) is 0 Å². The Kier molecular flexibility index (Phi) is 3.24. The molecule has 6 nitrogen and oxygen atoms in total. The number of nitrogens with two attached hydrogens (primary N) is 2. The van der Waals surface area contributed by atoms with Crippen LogP contribution in [0, 0.1) is 12.7 Å². The molecule has 0 spiro atoms. The summed E-state index contributed by atoms with van der Waals surface area (Å²) in [5.41, 5.74) is 11.4. The molecule has 0 aliphatic carbocycles. The van der Waals surface area contributed by atoms with Gasteiger partial charge in [-0.1, -0.05) is 16.8 Å². The number of nitrogens with zero attached hydrogens (tertiary/aromatic N) is 2. The lowest BCUT2D eigenvalue weighted by Crippen LogP contribution is -2.06. The van der Waals surface area contributed by atoms with Crippen LogP contribution in [0.3, 0.4) is 0 Å². The first-order chi connectivity index (χ1) is 8.49. The van der Waals surface area contributed by atoms with E-state index in [0.717, 1.165) is 0 Å². The molecule has 0 saturated heterocycles. The lowest BCUT2D eigenvalue weighted by molar-refractivity contribution is 0.379. The fourth-order valence-electron chi connectivity index (χ4n) is 1.42. The van der Waals surface area contributed by atoms with Crippen molar-refractivity contribution in [1.82, 2.24) is 10.1 Å². The molecule has 0 amide bonds. The molecule has 0 bridgehead atoms. The third-order valence-electron chi connectivity index (χ3n) is 2.25. The van der Waals surface area contributed by atoms with Crippen molar-refractivity contribution in [2.24, 2.45) is 0 Å². The Hall–Kier alpha value is -2.02. The van der Waals surface area contributed by atoms with Gasteiger partial charge in [0.25, 0.3) is 0 Å². The lowest BCUT2D eigenvalue weighted by atomic mass is 10.2. The van der Waals surface area contributed by atoms with Gasteiger partial charge in [0, 0.05) is 0 Å². The first-order valence-electron chi connectivity index (χ1n) is 5.05. The van der Waals surface area contributed by atoms with Crippen LogP contribution in [-0.2, 0) is 6.54 Å². The number of hydrogen-bond acceptors (Lipinski definition) is 6. The number of nitrogen functional groups attached to an aromatic ring is 2. The van der Waals surface area contributed by atoms with Crippen molar-refractivity contribution >= 4 is 28.7 Å². The van der Waals surface area contributed by atoms with E-state index in [4.69, 9.17) is 27.6 Å². The van der Waals surface area contributed by atoms with Gasteiger partial charge < -0.3 is 21.3 Å². The third-order valence-corrected chi connectivity index (χ3v) is 2.64. The van der Waals surface area contributed by atoms with Gasteiger partial charge in [-0.05, 0) is 13.0 Å². The van der Waals surface area contributed by atoms with Crippen LogP contribution >= 0.6 is 11.6 Å². The average Bonchev–Trinajstić information content (AvgIpc) is 2.72. The van der Waals surface area contributed by atoms with Crippen LogP contribution in [0.2, 0.25) is 5.02 Å². The SMILES string of the molecule is Cc1noc(CNc2c(N)cc(N)c(Cl)c2F)n1. The smallest absolute Gasteiger partial charge is 0.245 e. The van der Waals surface area contributed by atoms with E-state index < -0.39 is 5.82 Å². The van der Waals surface area contributed by atoms with E-state index in [-0.39, 0.29) is 28.6 Å². The minimum absolute atomic E-state index is 0.0602. The van der Waals surface area contributed by atoms with Gasteiger partial charge >= 0.3 is 0 Å². The third kappa shape index (κ3) is 2.30. The van der Waals surface area contributed by atoms with Gasteiger partial charge in [-0.15, -0.1) is 0 Å². The number of rotatable bonds is 3. The summed E-state index contributed by atoms with van der Waals surface area (Å²) in [5, 5.41) is 6.18. The molecule has 1 heterocycles. The molecule has 2 aromatic rings. The molecule has 1 aromatic heterocycles. The van der Waals surface area contributed by atoms with Gasteiger partial charge in [-0.3, -0.25) is 0 Å². The standard InChI is InChI=1S/C10H11ClFN5O/c1-4-16-7(18-17-4)3-15-10-6(14)2-5(13)8(11)9(10)12/h2,15H,3,13-14H2,1H3. The topological polar surface area (TPSA) is 103 Å². The number of aryl methyl sites for hydroxylation is 1. The molecule has 0 radical (unpaired) electrons. The molecule has 0 aliphatic heterocycles. The van der Waals surface area contributed by atoms with Crippen molar-refractivity contribution in [1.29, 1.82) is 0 Å². The lowest BCUT2D eigenvalue weighted by Gasteiger charge is -2.11. The molecule has 96 valence electrons. The highest BCUT2D eigenvalue weighted by atomic mass is 35.5. The molecule has 0 aliphatic rings. The average molecular weight is 272 g/mol. The number of hydrogen-bond donors (Lipinski definition) is 3. The second kappa shape index (κ2) is 4.69. The fraction of sp³-hybridized carbons (Fsp3) is 0.200. The Morgan fingerprint density at radius 3 is 2.78 bits per heavy atom. The molecule has 0 atom stereocenters. The van der Waals surface area contributed by atoms with Crippen LogP contribution in [0.1, 0.15) is 11.7 Å².